The zero-order valence-electron chi connectivity index (χ0n) is 11.5. The molecule has 2 fully saturated rings. The van der Waals surface area contributed by atoms with Gasteiger partial charge in [-0.15, -0.1) is 0 Å². The van der Waals surface area contributed by atoms with Gasteiger partial charge in [-0.2, -0.15) is 11.8 Å². The molecular weight excluding hydrogens is 246 g/mol. The Morgan fingerprint density at radius 3 is 3.00 bits per heavy atom. The van der Waals surface area contributed by atoms with Crippen molar-refractivity contribution in [2.45, 2.75) is 31.3 Å². The van der Waals surface area contributed by atoms with E-state index in [0.29, 0.717) is 24.4 Å². The quantitative estimate of drug-likeness (QED) is 0.814. The van der Waals surface area contributed by atoms with E-state index in [1.54, 1.807) is 0 Å². The summed E-state index contributed by atoms with van der Waals surface area (Å²) in [6.45, 7) is 3.00. The van der Waals surface area contributed by atoms with Crippen molar-refractivity contribution in [1.82, 2.24) is 15.1 Å². The van der Waals surface area contributed by atoms with Crippen LogP contribution >= 0.6 is 11.8 Å². The summed E-state index contributed by atoms with van der Waals surface area (Å²) in [4.78, 5) is 16.7. The molecule has 0 aromatic rings. The summed E-state index contributed by atoms with van der Waals surface area (Å²) in [5.41, 5.74) is 0. The molecule has 1 amide bonds. The van der Waals surface area contributed by atoms with Gasteiger partial charge >= 0.3 is 0 Å². The molecule has 0 saturated carbocycles. The summed E-state index contributed by atoms with van der Waals surface area (Å²) in [5, 5.41) is 3.45. The highest BCUT2D eigenvalue weighted by molar-refractivity contribution is 7.99. The average molecular weight is 271 g/mol. The number of nitrogens with zero attached hydrogens (tertiary/aromatic N) is 2. The lowest BCUT2D eigenvalue weighted by molar-refractivity contribution is -0.132. The fourth-order valence-electron chi connectivity index (χ4n) is 2.85. The normalized spacial score (nSPS) is 28.9. The van der Waals surface area contributed by atoms with Crippen molar-refractivity contribution in [2.24, 2.45) is 0 Å². The predicted molar refractivity (Wildman–Crippen MR) is 77.0 cm³/mol. The zero-order valence-corrected chi connectivity index (χ0v) is 12.3. The van der Waals surface area contributed by atoms with Gasteiger partial charge < -0.3 is 15.1 Å². The van der Waals surface area contributed by atoms with E-state index in [4.69, 9.17) is 0 Å². The smallest absolute Gasteiger partial charge is 0.224 e. The van der Waals surface area contributed by atoms with Crippen molar-refractivity contribution in [2.75, 3.05) is 45.2 Å². The molecule has 0 radical (unpaired) electrons. The van der Waals surface area contributed by atoms with Gasteiger partial charge in [0.2, 0.25) is 5.91 Å². The first-order valence-electron chi connectivity index (χ1n) is 6.92. The third-order valence-corrected chi connectivity index (χ3v) is 4.82. The van der Waals surface area contributed by atoms with E-state index >= 15 is 0 Å². The van der Waals surface area contributed by atoms with Gasteiger partial charge in [0.25, 0.3) is 0 Å². The second kappa shape index (κ2) is 6.78. The molecule has 0 spiro atoms. The standard InChI is InChI=1S/C13H25N3OS/c1-15(2)9-12-4-3-6-16(12)13(17)8-11-10-18-7-5-14-11/h11-12,14H,3-10H2,1-2H3. The minimum atomic E-state index is 0.347. The molecule has 2 rings (SSSR count). The van der Waals surface area contributed by atoms with Gasteiger partial charge in [-0.05, 0) is 26.9 Å². The first-order valence-corrected chi connectivity index (χ1v) is 8.07. The van der Waals surface area contributed by atoms with Crippen LogP contribution < -0.4 is 5.32 Å². The topological polar surface area (TPSA) is 35.6 Å². The van der Waals surface area contributed by atoms with Crippen LogP contribution in [0.4, 0.5) is 0 Å². The van der Waals surface area contributed by atoms with Crippen molar-refractivity contribution in [1.29, 1.82) is 0 Å². The highest BCUT2D eigenvalue weighted by atomic mass is 32.2. The Labute approximate surface area is 114 Å². The molecule has 2 atom stereocenters. The van der Waals surface area contributed by atoms with Crippen LogP contribution in [0.5, 0.6) is 0 Å². The molecule has 0 bridgehead atoms. The molecule has 2 saturated heterocycles. The third-order valence-electron chi connectivity index (χ3n) is 3.69. The first-order chi connectivity index (χ1) is 8.66. The number of rotatable bonds is 4. The summed E-state index contributed by atoms with van der Waals surface area (Å²) in [7, 11) is 4.17. The molecule has 0 aliphatic carbocycles. The highest BCUT2D eigenvalue weighted by Gasteiger charge is 2.30. The first kappa shape index (κ1) is 14.2. The van der Waals surface area contributed by atoms with Crippen LogP contribution in [0.1, 0.15) is 19.3 Å². The Balaban J connectivity index is 1.83. The number of likely N-dealkylation sites (tertiary alicyclic amines) is 1. The number of thioether (sulfide) groups is 1. The van der Waals surface area contributed by atoms with Gasteiger partial charge in [-0.1, -0.05) is 0 Å². The molecule has 104 valence electrons. The van der Waals surface area contributed by atoms with Crippen LogP contribution in [0, 0.1) is 0 Å². The van der Waals surface area contributed by atoms with Gasteiger partial charge in [0.1, 0.15) is 0 Å². The van der Waals surface area contributed by atoms with Gasteiger partial charge in [-0.3, -0.25) is 4.79 Å². The summed E-state index contributed by atoms with van der Waals surface area (Å²) in [5.74, 6) is 2.61. The van der Waals surface area contributed by atoms with Crippen molar-refractivity contribution in [3.8, 4) is 0 Å². The summed E-state index contributed by atoms with van der Waals surface area (Å²) in [6, 6.07) is 0.820. The Morgan fingerprint density at radius 2 is 2.33 bits per heavy atom. The minimum absolute atomic E-state index is 0.347. The Kier molecular flexibility index (Phi) is 5.33. The Bertz CT molecular complexity index is 279. The molecular formula is C13H25N3OS. The van der Waals surface area contributed by atoms with E-state index < -0.39 is 0 Å². The number of nitrogens with one attached hydrogen (secondary N) is 1. The summed E-state index contributed by atoms with van der Waals surface area (Å²) < 4.78 is 0. The lowest BCUT2D eigenvalue weighted by Gasteiger charge is -2.30. The second-order valence-electron chi connectivity index (χ2n) is 5.58. The van der Waals surface area contributed by atoms with E-state index in [-0.39, 0.29) is 0 Å². The largest absolute Gasteiger partial charge is 0.338 e. The van der Waals surface area contributed by atoms with Crippen molar-refractivity contribution in [3.05, 3.63) is 0 Å². The van der Waals surface area contributed by atoms with E-state index in [0.717, 1.165) is 38.2 Å². The minimum Gasteiger partial charge on any atom is -0.338 e. The molecule has 5 heteroatoms. The zero-order chi connectivity index (χ0) is 13.0. The van der Waals surface area contributed by atoms with Gasteiger partial charge in [-0.25, -0.2) is 0 Å². The number of hydrogen-bond donors (Lipinski definition) is 1. The fraction of sp³-hybridized carbons (Fsp3) is 0.923. The second-order valence-corrected chi connectivity index (χ2v) is 6.73. The molecule has 2 aliphatic rings. The number of carbonyl (C=O) groups is 1. The Morgan fingerprint density at radius 1 is 1.50 bits per heavy atom. The number of hydrogen-bond acceptors (Lipinski definition) is 4. The molecule has 0 aromatic carbocycles. The van der Waals surface area contributed by atoms with E-state index in [2.05, 4.69) is 29.2 Å². The van der Waals surface area contributed by atoms with Crippen LogP contribution in [0.25, 0.3) is 0 Å². The summed E-state index contributed by atoms with van der Waals surface area (Å²) >= 11 is 1.96. The Hall–Kier alpha value is -0.260. The maximum Gasteiger partial charge on any atom is 0.224 e. The number of likely N-dealkylation sites (N-methyl/N-ethyl adjacent to an activating group) is 1. The van der Waals surface area contributed by atoms with Gasteiger partial charge in [0.15, 0.2) is 0 Å². The molecule has 0 aromatic heterocycles. The molecule has 2 aliphatic heterocycles. The van der Waals surface area contributed by atoms with E-state index in [1.165, 1.54) is 5.75 Å². The SMILES string of the molecule is CN(C)CC1CCCN1C(=O)CC1CSCCN1. The van der Waals surface area contributed by atoms with Crippen LogP contribution in [-0.4, -0.2) is 73.0 Å². The van der Waals surface area contributed by atoms with Crippen LogP contribution in [-0.2, 0) is 4.79 Å². The predicted octanol–water partition coefficient (Wildman–Crippen LogP) is 0.634. The van der Waals surface area contributed by atoms with Crippen molar-refractivity contribution < 1.29 is 4.79 Å². The van der Waals surface area contributed by atoms with Crippen molar-refractivity contribution >= 4 is 17.7 Å². The van der Waals surface area contributed by atoms with Crippen LogP contribution in [0.15, 0.2) is 0 Å². The average Bonchev–Trinajstić information content (AvgIpc) is 2.77. The number of amides is 1. The molecule has 2 unspecified atom stereocenters. The summed E-state index contributed by atoms with van der Waals surface area (Å²) in [6.07, 6.45) is 3.00. The fourth-order valence-corrected chi connectivity index (χ4v) is 3.80. The monoisotopic (exact) mass is 271 g/mol. The van der Waals surface area contributed by atoms with Crippen LogP contribution in [0.2, 0.25) is 0 Å². The van der Waals surface area contributed by atoms with E-state index in [9.17, 15) is 4.79 Å². The molecule has 4 nitrogen and oxygen atoms in total. The lowest BCUT2D eigenvalue weighted by Crippen LogP contribution is -2.46. The van der Waals surface area contributed by atoms with Crippen LogP contribution in [0.3, 0.4) is 0 Å². The third kappa shape index (κ3) is 3.87. The van der Waals surface area contributed by atoms with Gasteiger partial charge in [0.05, 0.1) is 0 Å². The molecule has 2 heterocycles. The maximum absolute atomic E-state index is 12.4. The van der Waals surface area contributed by atoms with Crippen molar-refractivity contribution in [3.63, 3.8) is 0 Å². The number of carbonyl (C=O) groups excluding carboxylic acids is 1. The van der Waals surface area contributed by atoms with E-state index in [1.807, 2.05) is 11.8 Å². The maximum atomic E-state index is 12.4. The lowest BCUT2D eigenvalue weighted by atomic mass is 10.1. The molecule has 1 N–H and O–H groups in total. The molecule has 18 heavy (non-hydrogen) atoms. The highest BCUT2D eigenvalue weighted by Crippen LogP contribution is 2.20. The van der Waals surface area contributed by atoms with Gasteiger partial charge in [0, 0.05) is 49.6 Å².